The fourth-order valence-corrected chi connectivity index (χ4v) is 3.80. The fourth-order valence-electron chi connectivity index (χ4n) is 3.63. The van der Waals surface area contributed by atoms with Gasteiger partial charge in [0.05, 0.1) is 16.3 Å². The molecule has 0 bridgehead atoms. The van der Waals surface area contributed by atoms with Crippen molar-refractivity contribution in [1.29, 1.82) is 0 Å². The SMILES string of the molecule is O=C(CCCc1c(-c2ccccn2)[nH]c2ccc(Cl)cc12)NNC(=O)c1ccc([N+](=O)[O-])cc1. The van der Waals surface area contributed by atoms with Crippen LogP contribution in [-0.2, 0) is 11.2 Å². The number of nitrogens with one attached hydrogen (secondary N) is 3. The molecule has 2 aromatic heterocycles. The summed E-state index contributed by atoms with van der Waals surface area (Å²) in [7, 11) is 0. The molecule has 2 amide bonds. The molecule has 10 heteroatoms. The third kappa shape index (κ3) is 5.21. The Morgan fingerprint density at radius 2 is 1.85 bits per heavy atom. The molecule has 4 aromatic rings. The van der Waals surface area contributed by atoms with E-state index < -0.39 is 10.8 Å². The van der Waals surface area contributed by atoms with Crippen molar-refractivity contribution in [3.05, 3.63) is 93.1 Å². The molecule has 0 unspecified atom stereocenters. The van der Waals surface area contributed by atoms with Gasteiger partial charge in [-0.2, -0.15) is 0 Å². The van der Waals surface area contributed by atoms with Gasteiger partial charge in [-0.25, -0.2) is 0 Å². The molecule has 4 rings (SSSR count). The largest absolute Gasteiger partial charge is 0.353 e. The Labute approximate surface area is 199 Å². The number of pyridine rings is 1. The van der Waals surface area contributed by atoms with Gasteiger partial charge in [-0.15, -0.1) is 0 Å². The Morgan fingerprint density at radius 1 is 1.06 bits per heavy atom. The second-order valence-corrected chi connectivity index (χ2v) is 7.98. The van der Waals surface area contributed by atoms with Crippen LogP contribution in [0.5, 0.6) is 0 Å². The number of carbonyl (C=O) groups excluding carboxylic acids is 2. The smallest absolute Gasteiger partial charge is 0.269 e. The number of halogens is 1. The Kier molecular flexibility index (Phi) is 6.84. The minimum Gasteiger partial charge on any atom is -0.353 e. The van der Waals surface area contributed by atoms with Crippen LogP contribution in [0.25, 0.3) is 22.3 Å². The maximum atomic E-state index is 12.3. The number of H-pyrrole nitrogens is 1. The minimum absolute atomic E-state index is 0.121. The summed E-state index contributed by atoms with van der Waals surface area (Å²) in [5, 5.41) is 12.3. The van der Waals surface area contributed by atoms with E-state index in [1.807, 2.05) is 36.4 Å². The van der Waals surface area contributed by atoms with E-state index in [0.717, 1.165) is 27.9 Å². The number of rotatable bonds is 7. The third-order valence-electron chi connectivity index (χ3n) is 5.28. The van der Waals surface area contributed by atoms with Gasteiger partial charge in [0.15, 0.2) is 0 Å². The lowest BCUT2D eigenvalue weighted by Crippen LogP contribution is -2.41. The molecule has 0 saturated carbocycles. The van der Waals surface area contributed by atoms with Gasteiger partial charge in [0.2, 0.25) is 5.91 Å². The number of benzene rings is 2. The zero-order chi connectivity index (χ0) is 24.1. The van der Waals surface area contributed by atoms with Crippen LogP contribution in [-0.4, -0.2) is 26.7 Å². The number of nitrogens with zero attached hydrogens (tertiary/aromatic N) is 2. The molecular formula is C24H20ClN5O4. The monoisotopic (exact) mass is 477 g/mol. The van der Waals surface area contributed by atoms with E-state index in [2.05, 4.69) is 20.8 Å². The second kappa shape index (κ2) is 10.1. The van der Waals surface area contributed by atoms with E-state index in [9.17, 15) is 19.7 Å². The normalized spacial score (nSPS) is 10.7. The number of aromatic amines is 1. The number of amides is 2. The highest BCUT2D eigenvalue weighted by Crippen LogP contribution is 2.32. The molecule has 0 aliphatic heterocycles. The quantitative estimate of drug-likeness (QED) is 0.265. The lowest BCUT2D eigenvalue weighted by molar-refractivity contribution is -0.384. The second-order valence-electron chi connectivity index (χ2n) is 7.54. The van der Waals surface area contributed by atoms with E-state index in [1.165, 1.54) is 24.3 Å². The molecule has 2 heterocycles. The first-order valence-electron chi connectivity index (χ1n) is 10.5. The van der Waals surface area contributed by atoms with Crippen molar-refractivity contribution >= 4 is 40.0 Å². The number of fused-ring (bicyclic) bond motifs is 1. The lowest BCUT2D eigenvalue weighted by atomic mass is 10.0. The van der Waals surface area contributed by atoms with Gasteiger partial charge in [-0.3, -0.25) is 35.5 Å². The van der Waals surface area contributed by atoms with Crippen LogP contribution < -0.4 is 10.9 Å². The van der Waals surface area contributed by atoms with Crippen molar-refractivity contribution in [2.24, 2.45) is 0 Å². The molecule has 34 heavy (non-hydrogen) atoms. The highest BCUT2D eigenvalue weighted by molar-refractivity contribution is 6.31. The first-order valence-corrected chi connectivity index (χ1v) is 10.9. The van der Waals surface area contributed by atoms with E-state index in [1.54, 1.807) is 6.20 Å². The highest BCUT2D eigenvalue weighted by atomic mass is 35.5. The molecule has 9 nitrogen and oxygen atoms in total. The number of hydrogen-bond donors (Lipinski definition) is 3. The van der Waals surface area contributed by atoms with Crippen LogP contribution in [0.3, 0.4) is 0 Å². The summed E-state index contributed by atoms with van der Waals surface area (Å²) in [5.41, 5.74) is 8.39. The molecule has 3 N–H and O–H groups in total. The summed E-state index contributed by atoms with van der Waals surface area (Å²) < 4.78 is 0. The summed E-state index contributed by atoms with van der Waals surface area (Å²) in [6.07, 6.45) is 3.02. The summed E-state index contributed by atoms with van der Waals surface area (Å²) in [4.78, 5) is 42.4. The predicted octanol–water partition coefficient (Wildman–Crippen LogP) is 4.58. The number of aryl methyl sites for hydroxylation is 1. The van der Waals surface area contributed by atoms with Crippen molar-refractivity contribution in [3.63, 3.8) is 0 Å². The molecule has 0 aliphatic rings. The number of nitro groups is 1. The number of carbonyl (C=O) groups is 2. The van der Waals surface area contributed by atoms with E-state index >= 15 is 0 Å². The van der Waals surface area contributed by atoms with Crippen LogP contribution in [0.1, 0.15) is 28.8 Å². The first kappa shape index (κ1) is 22.9. The lowest BCUT2D eigenvalue weighted by Gasteiger charge is -2.08. The number of hydrazine groups is 1. The van der Waals surface area contributed by atoms with Gasteiger partial charge in [-0.05, 0) is 60.9 Å². The van der Waals surface area contributed by atoms with Crippen molar-refractivity contribution < 1.29 is 14.5 Å². The van der Waals surface area contributed by atoms with Crippen LogP contribution in [0.2, 0.25) is 5.02 Å². The van der Waals surface area contributed by atoms with Crippen LogP contribution >= 0.6 is 11.6 Å². The Hall–Kier alpha value is -4.24. The third-order valence-corrected chi connectivity index (χ3v) is 5.51. The molecule has 0 radical (unpaired) electrons. The molecule has 0 spiro atoms. The standard InChI is InChI=1S/C24H20ClN5O4/c25-16-9-12-20-19(14-16)18(23(27-20)21-5-1-2-13-26-21)4-3-6-22(31)28-29-24(32)15-7-10-17(11-8-15)30(33)34/h1-2,5,7-14,27H,3-4,6H2,(H,28,31)(H,29,32). The van der Waals surface area contributed by atoms with Gasteiger partial charge in [0, 0.05) is 46.2 Å². The summed E-state index contributed by atoms with van der Waals surface area (Å²) in [6.45, 7) is 0. The molecular weight excluding hydrogens is 458 g/mol. The molecule has 0 atom stereocenters. The average Bonchev–Trinajstić information content (AvgIpc) is 3.20. The zero-order valence-electron chi connectivity index (χ0n) is 17.9. The summed E-state index contributed by atoms with van der Waals surface area (Å²) in [5.74, 6) is -0.917. The number of hydrogen-bond acceptors (Lipinski definition) is 5. The maximum absolute atomic E-state index is 12.3. The Balaban J connectivity index is 1.38. The summed E-state index contributed by atoms with van der Waals surface area (Å²) in [6, 6.07) is 16.4. The van der Waals surface area contributed by atoms with Gasteiger partial charge in [0.25, 0.3) is 11.6 Å². The van der Waals surface area contributed by atoms with Gasteiger partial charge < -0.3 is 4.98 Å². The molecule has 2 aromatic carbocycles. The van der Waals surface area contributed by atoms with E-state index in [-0.39, 0.29) is 23.6 Å². The first-order chi connectivity index (χ1) is 16.4. The van der Waals surface area contributed by atoms with Gasteiger partial charge in [-0.1, -0.05) is 17.7 Å². The van der Waals surface area contributed by atoms with Crippen molar-refractivity contribution in [3.8, 4) is 11.4 Å². The van der Waals surface area contributed by atoms with Crippen LogP contribution in [0, 0.1) is 10.1 Å². The van der Waals surface area contributed by atoms with E-state index in [0.29, 0.717) is 17.9 Å². The van der Waals surface area contributed by atoms with Crippen molar-refractivity contribution in [2.75, 3.05) is 0 Å². The van der Waals surface area contributed by atoms with Gasteiger partial charge in [0.1, 0.15) is 0 Å². The number of aromatic nitrogens is 2. The predicted molar refractivity (Wildman–Crippen MR) is 128 cm³/mol. The average molecular weight is 478 g/mol. The minimum atomic E-state index is -0.563. The Morgan fingerprint density at radius 3 is 2.56 bits per heavy atom. The molecule has 0 aliphatic carbocycles. The zero-order valence-corrected chi connectivity index (χ0v) is 18.6. The fraction of sp³-hybridized carbons (Fsp3) is 0.125. The van der Waals surface area contributed by atoms with Crippen molar-refractivity contribution in [2.45, 2.75) is 19.3 Å². The molecule has 0 fully saturated rings. The number of non-ortho nitro benzene ring substituents is 1. The topological polar surface area (TPSA) is 130 Å². The molecule has 0 saturated heterocycles. The van der Waals surface area contributed by atoms with E-state index in [4.69, 9.17) is 11.6 Å². The maximum Gasteiger partial charge on any atom is 0.269 e. The molecule has 172 valence electrons. The van der Waals surface area contributed by atoms with Crippen LogP contribution in [0.4, 0.5) is 5.69 Å². The number of nitro benzene ring substituents is 1. The van der Waals surface area contributed by atoms with Crippen LogP contribution in [0.15, 0.2) is 66.9 Å². The Bertz CT molecular complexity index is 1350. The van der Waals surface area contributed by atoms with Crippen molar-refractivity contribution in [1.82, 2.24) is 20.8 Å². The van der Waals surface area contributed by atoms with Gasteiger partial charge >= 0.3 is 0 Å². The highest BCUT2D eigenvalue weighted by Gasteiger charge is 2.15. The summed E-state index contributed by atoms with van der Waals surface area (Å²) >= 11 is 6.21.